The first-order chi connectivity index (χ1) is 12.6. The van der Waals surface area contributed by atoms with Gasteiger partial charge in [0.05, 0.1) is 18.2 Å². The highest BCUT2D eigenvalue weighted by atomic mass is 16.5. The van der Waals surface area contributed by atoms with Crippen LogP contribution in [0, 0.1) is 5.41 Å². The zero-order valence-corrected chi connectivity index (χ0v) is 15.1. The topological polar surface area (TPSA) is 93.2 Å². The number of hydrogen-bond donors (Lipinski definition) is 2. The molecule has 4 rings (SSSR count). The lowest BCUT2D eigenvalue weighted by Crippen LogP contribution is -2.48. The fourth-order valence-corrected chi connectivity index (χ4v) is 4.11. The average molecular weight is 356 g/mol. The van der Waals surface area contributed by atoms with Crippen LogP contribution in [0.15, 0.2) is 39.0 Å². The van der Waals surface area contributed by atoms with Crippen LogP contribution in [0.25, 0.3) is 11.7 Å². The third kappa shape index (κ3) is 3.07. The minimum absolute atomic E-state index is 0.0686. The molecule has 2 bridgehead atoms. The number of allylic oxidation sites excluding steroid dienone is 2. The lowest BCUT2D eigenvalue weighted by Gasteiger charge is -2.34. The summed E-state index contributed by atoms with van der Waals surface area (Å²) in [6, 6.07) is 4.21. The standard InChI is InChI=1S/C19H24N4O3/c1-12(2)7-8-19(10-13-5-6-15(19)21-13)18(24)20-11-16-22-17(26-23-16)14-4-3-9-25-14/h3-4,7,9,13,15,21H,5-6,8,10-11H2,1-2H3,(H,20,24)/t13-,15+,19+/m0/s1. The van der Waals surface area contributed by atoms with Crippen molar-refractivity contribution in [1.82, 2.24) is 20.8 Å². The molecule has 3 atom stereocenters. The number of carbonyl (C=O) groups is 1. The van der Waals surface area contributed by atoms with Gasteiger partial charge < -0.3 is 19.6 Å². The van der Waals surface area contributed by atoms with E-state index in [1.165, 1.54) is 5.57 Å². The van der Waals surface area contributed by atoms with Crippen molar-refractivity contribution in [3.8, 4) is 11.7 Å². The number of fused-ring (bicyclic) bond motifs is 2. The molecule has 2 N–H and O–H groups in total. The van der Waals surface area contributed by atoms with Gasteiger partial charge in [-0.1, -0.05) is 16.8 Å². The van der Waals surface area contributed by atoms with Gasteiger partial charge >= 0.3 is 0 Å². The van der Waals surface area contributed by atoms with Crippen molar-refractivity contribution in [3.63, 3.8) is 0 Å². The number of rotatable bonds is 6. The van der Waals surface area contributed by atoms with Crippen LogP contribution in [-0.4, -0.2) is 28.1 Å². The first-order valence-electron chi connectivity index (χ1n) is 9.11. The minimum Gasteiger partial charge on any atom is -0.459 e. The van der Waals surface area contributed by atoms with Gasteiger partial charge in [0.15, 0.2) is 11.6 Å². The third-order valence-electron chi connectivity index (χ3n) is 5.45. The van der Waals surface area contributed by atoms with E-state index < -0.39 is 0 Å². The Kier molecular flexibility index (Phi) is 4.40. The maximum absolute atomic E-state index is 13.1. The van der Waals surface area contributed by atoms with Crippen molar-refractivity contribution < 1.29 is 13.7 Å². The number of amides is 1. The Labute approximate surface area is 152 Å². The summed E-state index contributed by atoms with van der Waals surface area (Å²) >= 11 is 0. The summed E-state index contributed by atoms with van der Waals surface area (Å²) in [5.41, 5.74) is 0.856. The molecule has 0 radical (unpaired) electrons. The summed E-state index contributed by atoms with van der Waals surface area (Å²) in [6.45, 7) is 4.39. The first kappa shape index (κ1) is 17.0. The van der Waals surface area contributed by atoms with Crippen LogP contribution in [-0.2, 0) is 11.3 Å². The molecule has 4 heterocycles. The Balaban J connectivity index is 1.45. The summed E-state index contributed by atoms with van der Waals surface area (Å²) in [5.74, 6) is 1.35. The Bertz CT molecular complexity index is 807. The van der Waals surface area contributed by atoms with Crippen molar-refractivity contribution in [3.05, 3.63) is 35.9 Å². The van der Waals surface area contributed by atoms with Crippen LogP contribution in [0.2, 0.25) is 0 Å². The van der Waals surface area contributed by atoms with E-state index in [4.69, 9.17) is 8.94 Å². The van der Waals surface area contributed by atoms with Gasteiger partial charge in [-0.05, 0) is 51.7 Å². The highest BCUT2D eigenvalue weighted by molar-refractivity contribution is 5.84. The highest BCUT2D eigenvalue weighted by Crippen LogP contribution is 2.46. The summed E-state index contributed by atoms with van der Waals surface area (Å²) in [6.07, 6.45) is 7.59. The second-order valence-corrected chi connectivity index (χ2v) is 7.52. The Hall–Kier alpha value is -2.41. The molecule has 2 aliphatic rings. The van der Waals surface area contributed by atoms with Gasteiger partial charge in [0.2, 0.25) is 5.91 Å². The second-order valence-electron chi connectivity index (χ2n) is 7.52. The van der Waals surface area contributed by atoms with Crippen LogP contribution in [0.5, 0.6) is 0 Å². The van der Waals surface area contributed by atoms with Gasteiger partial charge in [0, 0.05) is 12.1 Å². The molecule has 0 aromatic carbocycles. The SMILES string of the molecule is CC(C)=CC[C@@]1(C(=O)NCc2noc(-c3ccco3)n2)C[C@@H]2CC[C@H]1N2. The van der Waals surface area contributed by atoms with E-state index in [9.17, 15) is 4.79 Å². The molecule has 2 saturated heterocycles. The Morgan fingerprint density at radius 1 is 1.46 bits per heavy atom. The molecule has 0 aliphatic carbocycles. The predicted octanol–water partition coefficient (Wildman–Crippen LogP) is 2.81. The van der Waals surface area contributed by atoms with Crippen LogP contribution < -0.4 is 10.6 Å². The molecule has 0 spiro atoms. The first-order valence-corrected chi connectivity index (χ1v) is 9.11. The zero-order valence-electron chi connectivity index (χ0n) is 15.1. The van der Waals surface area contributed by atoms with Crippen LogP contribution >= 0.6 is 0 Å². The summed E-state index contributed by atoms with van der Waals surface area (Å²) in [5, 5.41) is 10.5. The Morgan fingerprint density at radius 2 is 2.35 bits per heavy atom. The molecule has 0 unspecified atom stereocenters. The molecule has 26 heavy (non-hydrogen) atoms. The minimum atomic E-state index is -0.381. The molecule has 2 aromatic heterocycles. The van der Waals surface area contributed by atoms with Gasteiger partial charge in [0.25, 0.3) is 5.89 Å². The molecular formula is C19H24N4O3. The second kappa shape index (κ2) is 6.72. The van der Waals surface area contributed by atoms with E-state index >= 15 is 0 Å². The van der Waals surface area contributed by atoms with Crippen LogP contribution in [0.3, 0.4) is 0 Å². The maximum atomic E-state index is 13.1. The van der Waals surface area contributed by atoms with Gasteiger partial charge in [-0.25, -0.2) is 0 Å². The zero-order chi connectivity index (χ0) is 18.1. The molecule has 138 valence electrons. The van der Waals surface area contributed by atoms with Gasteiger partial charge in [-0.2, -0.15) is 4.98 Å². The molecule has 7 nitrogen and oxygen atoms in total. The number of nitrogens with zero attached hydrogens (tertiary/aromatic N) is 2. The summed E-state index contributed by atoms with van der Waals surface area (Å²) in [4.78, 5) is 17.4. The van der Waals surface area contributed by atoms with E-state index in [-0.39, 0.29) is 23.9 Å². The van der Waals surface area contributed by atoms with E-state index in [1.54, 1.807) is 18.4 Å². The largest absolute Gasteiger partial charge is 0.459 e. The Morgan fingerprint density at radius 3 is 3.00 bits per heavy atom. The van der Waals surface area contributed by atoms with Crippen LogP contribution in [0.4, 0.5) is 0 Å². The van der Waals surface area contributed by atoms with E-state index in [0.717, 1.165) is 25.7 Å². The van der Waals surface area contributed by atoms with E-state index in [0.29, 0.717) is 23.5 Å². The molecule has 2 aliphatic heterocycles. The number of furan rings is 1. The molecule has 1 amide bonds. The number of hydrogen-bond acceptors (Lipinski definition) is 6. The number of nitrogens with one attached hydrogen (secondary N) is 2. The lowest BCUT2D eigenvalue weighted by atomic mass is 9.70. The van der Waals surface area contributed by atoms with Gasteiger partial charge in [0.1, 0.15) is 0 Å². The third-order valence-corrected chi connectivity index (χ3v) is 5.45. The van der Waals surface area contributed by atoms with Gasteiger partial charge in [-0.3, -0.25) is 4.79 Å². The molecule has 2 fully saturated rings. The number of aromatic nitrogens is 2. The monoisotopic (exact) mass is 356 g/mol. The number of carbonyl (C=O) groups excluding carboxylic acids is 1. The van der Waals surface area contributed by atoms with Crippen LogP contribution in [0.1, 0.15) is 45.4 Å². The maximum Gasteiger partial charge on any atom is 0.293 e. The van der Waals surface area contributed by atoms with E-state index in [1.807, 2.05) is 0 Å². The molecule has 2 aromatic rings. The van der Waals surface area contributed by atoms with Crippen molar-refractivity contribution in [2.75, 3.05) is 0 Å². The summed E-state index contributed by atoms with van der Waals surface area (Å²) in [7, 11) is 0. The lowest BCUT2D eigenvalue weighted by molar-refractivity contribution is -0.132. The predicted molar refractivity (Wildman–Crippen MR) is 94.9 cm³/mol. The highest BCUT2D eigenvalue weighted by Gasteiger charge is 2.54. The quantitative estimate of drug-likeness (QED) is 0.773. The normalized spacial score (nSPS) is 26.8. The molecular weight excluding hydrogens is 332 g/mol. The fraction of sp³-hybridized carbons (Fsp3) is 0.526. The molecule has 0 saturated carbocycles. The van der Waals surface area contributed by atoms with E-state index in [2.05, 4.69) is 40.7 Å². The fourth-order valence-electron chi connectivity index (χ4n) is 4.11. The summed E-state index contributed by atoms with van der Waals surface area (Å²) < 4.78 is 10.4. The van der Waals surface area contributed by atoms with Crippen molar-refractivity contribution in [2.24, 2.45) is 5.41 Å². The van der Waals surface area contributed by atoms with Crippen molar-refractivity contribution in [2.45, 2.75) is 58.2 Å². The van der Waals surface area contributed by atoms with Crippen molar-refractivity contribution >= 4 is 5.91 Å². The van der Waals surface area contributed by atoms with Crippen molar-refractivity contribution in [1.29, 1.82) is 0 Å². The molecule has 7 heteroatoms. The average Bonchev–Trinajstić information content (AvgIpc) is 3.41. The van der Waals surface area contributed by atoms with Gasteiger partial charge in [-0.15, -0.1) is 0 Å². The smallest absolute Gasteiger partial charge is 0.293 e.